The van der Waals surface area contributed by atoms with Gasteiger partial charge in [0.15, 0.2) is 6.39 Å². The normalized spacial score (nSPS) is 20.9. The Balaban J connectivity index is 1.91. The predicted octanol–water partition coefficient (Wildman–Crippen LogP) is 1.76. The van der Waals surface area contributed by atoms with E-state index in [4.69, 9.17) is 9.15 Å². The van der Waals surface area contributed by atoms with Crippen molar-refractivity contribution in [2.45, 2.75) is 33.2 Å². The number of carbonyl (C=O) groups is 1. The van der Waals surface area contributed by atoms with Gasteiger partial charge in [-0.3, -0.25) is 9.69 Å². The molecule has 0 spiro atoms. The molecule has 1 atom stereocenters. The number of likely N-dealkylation sites (tertiary alicyclic amines) is 1. The monoisotopic (exact) mass is 252 g/mol. The van der Waals surface area contributed by atoms with Crippen molar-refractivity contribution in [1.82, 2.24) is 9.88 Å². The van der Waals surface area contributed by atoms with E-state index >= 15 is 0 Å². The van der Waals surface area contributed by atoms with E-state index in [1.807, 2.05) is 13.8 Å². The number of carbonyl (C=O) groups excluding carboxylic acids is 1. The number of aryl methyl sites for hydroxylation is 1. The number of aromatic nitrogens is 1. The molecule has 1 aromatic heterocycles. The SMILES string of the molecule is CCOC(=O)[C@@H]1CCCN(Cc2ncoc2C)C1. The molecule has 0 bridgehead atoms. The summed E-state index contributed by atoms with van der Waals surface area (Å²) in [5, 5.41) is 0. The van der Waals surface area contributed by atoms with Crippen molar-refractivity contribution in [1.29, 1.82) is 0 Å². The minimum atomic E-state index is -0.0703. The first-order valence-corrected chi connectivity index (χ1v) is 6.48. The Bertz CT molecular complexity index is 403. The van der Waals surface area contributed by atoms with Crippen LogP contribution >= 0.6 is 0 Å². The molecule has 2 heterocycles. The van der Waals surface area contributed by atoms with Crippen LogP contribution in [0.15, 0.2) is 10.8 Å². The van der Waals surface area contributed by atoms with Gasteiger partial charge in [-0.25, -0.2) is 4.98 Å². The van der Waals surface area contributed by atoms with Gasteiger partial charge in [-0.05, 0) is 33.2 Å². The molecule has 18 heavy (non-hydrogen) atoms. The Morgan fingerprint density at radius 1 is 1.67 bits per heavy atom. The van der Waals surface area contributed by atoms with Crippen LogP contribution in [-0.4, -0.2) is 35.5 Å². The summed E-state index contributed by atoms with van der Waals surface area (Å²) < 4.78 is 10.3. The molecule has 5 nitrogen and oxygen atoms in total. The molecule has 0 unspecified atom stereocenters. The van der Waals surface area contributed by atoms with Gasteiger partial charge in [0.1, 0.15) is 5.76 Å². The summed E-state index contributed by atoms with van der Waals surface area (Å²) in [5.74, 6) is 0.790. The van der Waals surface area contributed by atoms with Gasteiger partial charge in [-0.1, -0.05) is 0 Å². The minimum absolute atomic E-state index is 0.00547. The lowest BCUT2D eigenvalue weighted by Gasteiger charge is -2.30. The fraction of sp³-hybridized carbons (Fsp3) is 0.692. The second kappa shape index (κ2) is 6.00. The van der Waals surface area contributed by atoms with Gasteiger partial charge in [0.2, 0.25) is 0 Å². The molecule has 0 aliphatic carbocycles. The first-order chi connectivity index (χ1) is 8.70. The van der Waals surface area contributed by atoms with Crippen LogP contribution in [0.25, 0.3) is 0 Å². The molecule has 0 amide bonds. The first kappa shape index (κ1) is 13.1. The maximum absolute atomic E-state index is 11.7. The zero-order valence-electron chi connectivity index (χ0n) is 11.0. The lowest BCUT2D eigenvalue weighted by molar-refractivity contribution is -0.150. The fourth-order valence-corrected chi connectivity index (χ4v) is 2.34. The van der Waals surface area contributed by atoms with Gasteiger partial charge in [0, 0.05) is 13.1 Å². The molecule has 100 valence electrons. The van der Waals surface area contributed by atoms with Crippen LogP contribution in [0.4, 0.5) is 0 Å². The van der Waals surface area contributed by atoms with Crippen molar-refractivity contribution >= 4 is 5.97 Å². The molecule has 1 aliphatic heterocycles. The molecule has 1 aliphatic rings. The summed E-state index contributed by atoms with van der Waals surface area (Å²) in [6.07, 6.45) is 3.42. The molecule has 1 fully saturated rings. The van der Waals surface area contributed by atoms with Crippen LogP contribution in [0.5, 0.6) is 0 Å². The number of nitrogens with zero attached hydrogens (tertiary/aromatic N) is 2. The first-order valence-electron chi connectivity index (χ1n) is 6.48. The van der Waals surface area contributed by atoms with Crippen molar-refractivity contribution in [3.63, 3.8) is 0 Å². The van der Waals surface area contributed by atoms with Crippen molar-refractivity contribution in [2.24, 2.45) is 5.92 Å². The summed E-state index contributed by atoms with van der Waals surface area (Å²) in [6.45, 7) is 6.72. The predicted molar refractivity (Wildman–Crippen MR) is 65.9 cm³/mol. The molecule has 0 aromatic carbocycles. The van der Waals surface area contributed by atoms with E-state index in [1.54, 1.807) is 0 Å². The topological polar surface area (TPSA) is 55.6 Å². The molecule has 1 aromatic rings. The Morgan fingerprint density at radius 2 is 2.50 bits per heavy atom. The number of ether oxygens (including phenoxy) is 1. The van der Waals surface area contributed by atoms with E-state index in [9.17, 15) is 4.79 Å². The average Bonchev–Trinajstić information content (AvgIpc) is 2.76. The highest BCUT2D eigenvalue weighted by Gasteiger charge is 2.27. The van der Waals surface area contributed by atoms with Crippen LogP contribution in [0.1, 0.15) is 31.2 Å². The van der Waals surface area contributed by atoms with Crippen molar-refractivity contribution < 1.29 is 13.9 Å². The Morgan fingerprint density at radius 3 is 3.17 bits per heavy atom. The highest BCUT2D eigenvalue weighted by molar-refractivity contribution is 5.72. The molecule has 0 saturated carbocycles. The van der Waals surface area contributed by atoms with Gasteiger partial charge < -0.3 is 9.15 Å². The van der Waals surface area contributed by atoms with Crippen molar-refractivity contribution in [2.75, 3.05) is 19.7 Å². The third-order valence-corrected chi connectivity index (χ3v) is 3.34. The second-order valence-electron chi connectivity index (χ2n) is 4.68. The molecule has 5 heteroatoms. The van der Waals surface area contributed by atoms with Crippen LogP contribution in [-0.2, 0) is 16.1 Å². The van der Waals surface area contributed by atoms with Crippen molar-refractivity contribution in [3.8, 4) is 0 Å². The number of oxazole rings is 1. The maximum Gasteiger partial charge on any atom is 0.310 e. The molecule has 0 radical (unpaired) electrons. The lowest BCUT2D eigenvalue weighted by atomic mass is 9.98. The van der Waals surface area contributed by atoms with Gasteiger partial charge in [0.05, 0.1) is 18.2 Å². The third-order valence-electron chi connectivity index (χ3n) is 3.34. The van der Waals surface area contributed by atoms with E-state index in [-0.39, 0.29) is 11.9 Å². The summed E-state index contributed by atoms with van der Waals surface area (Å²) in [6, 6.07) is 0. The zero-order valence-corrected chi connectivity index (χ0v) is 11.0. The van der Waals surface area contributed by atoms with Crippen LogP contribution < -0.4 is 0 Å². The van der Waals surface area contributed by atoms with Crippen molar-refractivity contribution in [3.05, 3.63) is 17.8 Å². The maximum atomic E-state index is 11.7. The molecular formula is C13H20N2O3. The largest absolute Gasteiger partial charge is 0.466 e. The third kappa shape index (κ3) is 3.10. The molecule has 2 rings (SSSR count). The Hall–Kier alpha value is -1.36. The Kier molecular flexibility index (Phi) is 4.36. The summed E-state index contributed by atoms with van der Waals surface area (Å²) >= 11 is 0. The van der Waals surface area contributed by atoms with Gasteiger partial charge >= 0.3 is 5.97 Å². The van der Waals surface area contributed by atoms with E-state index in [2.05, 4.69) is 9.88 Å². The molecule has 0 N–H and O–H groups in total. The Labute approximate surface area is 107 Å². The van der Waals surface area contributed by atoms with E-state index in [0.717, 1.165) is 43.9 Å². The standard InChI is InChI=1S/C13H20N2O3/c1-3-17-13(16)11-5-4-6-15(7-11)8-12-10(2)18-9-14-12/h9,11H,3-8H2,1-2H3/t11-/m1/s1. The number of hydrogen-bond donors (Lipinski definition) is 0. The highest BCUT2D eigenvalue weighted by atomic mass is 16.5. The molecule has 1 saturated heterocycles. The van der Waals surface area contributed by atoms with E-state index < -0.39 is 0 Å². The summed E-state index contributed by atoms with van der Waals surface area (Å²) in [5.41, 5.74) is 0.958. The zero-order chi connectivity index (χ0) is 13.0. The van der Waals surface area contributed by atoms with Crippen LogP contribution in [0, 0.1) is 12.8 Å². The van der Waals surface area contributed by atoms with E-state index in [1.165, 1.54) is 6.39 Å². The molecular weight excluding hydrogens is 232 g/mol. The second-order valence-corrected chi connectivity index (χ2v) is 4.68. The fourth-order valence-electron chi connectivity index (χ4n) is 2.34. The van der Waals surface area contributed by atoms with Gasteiger partial charge in [-0.2, -0.15) is 0 Å². The number of rotatable bonds is 4. The smallest absolute Gasteiger partial charge is 0.310 e. The minimum Gasteiger partial charge on any atom is -0.466 e. The van der Waals surface area contributed by atoms with Gasteiger partial charge in [0.25, 0.3) is 0 Å². The van der Waals surface area contributed by atoms with Gasteiger partial charge in [-0.15, -0.1) is 0 Å². The number of esters is 1. The summed E-state index contributed by atoms with van der Waals surface area (Å²) in [7, 11) is 0. The lowest BCUT2D eigenvalue weighted by Crippen LogP contribution is -2.39. The van der Waals surface area contributed by atoms with Crippen LogP contribution in [0.2, 0.25) is 0 Å². The average molecular weight is 252 g/mol. The van der Waals surface area contributed by atoms with E-state index in [0.29, 0.717) is 6.61 Å². The quantitative estimate of drug-likeness (QED) is 0.764. The number of piperidine rings is 1. The highest BCUT2D eigenvalue weighted by Crippen LogP contribution is 2.20. The van der Waals surface area contributed by atoms with Crippen LogP contribution in [0.3, 0.4) is 0 Å². The summed E-state index contributed by atoms with van der Waals surface area (Å²) in [4.78, 5) is 18.2. The number of hydrogen-bond acceptors (Lipinski definition) is 5.